The first-order valence-electron chi connectivity index (χ1n) is 10.5. The number of ether oxygens (including phenoxy) is 2. The van der Waals surface area contributed by atoms with E-state index < -0.39 is 4.92 Å². The smallest absolute Gasteiger partial charge is 0.276 e. The van der Waals surface area contributed by atoms with Crippen molar-refractivity contribution in [2.24, 2.45) is 10.2 Å². The molecule has 0 amide bonds. The Balaban J connectivity index is 1.76. The molecule has 1 aromatic heterocycles. The maximum absolute atomic E-state index is 11.4. The zero-order valence-corrected chi connectivity index (χ0v) is 19.6. The molecule has 12 nitrogen and oxygen atoms in total. The van der Waals surface area contributed by atoms with Crippen LogP contribution in [-0.2, 0) is 6.54 Å². The fourth-order valence-electron chi connectivity index (χ4n) is 3.71. The minimum Gasteiger partial charge on any atom is -0.497 e. The molecule has 4 rings (SSSR count). The van der Waals surface area contributed by atoms with Gasteiger partial charge in [0.05, 0.1) is 36.1 Å². The molecule has 180 valence electrons. The van der Waals surface area contributed by atoms with Crippen molar-refractivity contribution in [1.82, 2.24) is 15.4 Å². The largest absolute Gasteiger partial charge is 0.497 e. The summed E-state index contributed by atoms with van der Waals surface area (Å²) in [4.78, 5) is 12.9. The molecule has 12 heteroatoms. The summed E-state index contributed by atoms with van der Waals surface area (Å²) < 4.78 is 10.8. The van der Waals surface area contributed by atoms with E-state index in [1.54, 1.807) is 33.3 Å². The topological polar surface area (TPSA) is 157 Å². The third-order valence-electron chi connectivity index (χ3n) is 5.51. The van der Waals surface area contributed by atoms with E-state index in [0.29, 0.717) is 46.0 Å². The van der Waals surface area contributed by atoms with Gasteiger partial charge in [-0.1, -0.05) is 0 Å². The van der Waals surface area contributed by atoms with Crippen molar-refractivity contribution in [2.75, 3.05) is 31.9 Å². The van der Waals surface area contributed by atoms with E-state index in [1.807, 2.05) is 36.2 Å². The summed E-state index contributed by atoms with van der Waals surface area (Å²) in [6.45, 7) is 2.11. The van der Waals surface area contributed by atoms with Crippen molar-refractivity contribution >= 4 is 39.5 Å². The summed E-state index contributed by atoms with van der Waals surface area (Å²) in [5, 5.41) is 31.1. The van der Waals surface area contributed by atoms with Crippen molar-refractivity contribution in [3.05, 3.63) is 63.7 Å². The number of nitrogens with zero attached hydrogens (tertiary/aromatic N) is 6. The second-order valence-corrected chi connectivity index (χ2v) is 7.84. The number of rotatable bonds is 8. The van der Waals surface area contributed by atoms with E-state index >= 15 is 0 Å². The Hall–Kier alpha value is -4.74. The van der Waals surface area contributed by atoms with Gasteiger partial charge in [-0.05, 0) is 42.8 Å². The van der Waals surface area contributed by atoms with Crippen LogP contribution in [0.1, 0.15) is 11.1 Å². The van der Waals surface area contributed by atoms with Crippen LogP contribution >= 0.6 is 0 Å². The van der Waals surface area contributed by atoms with Gasteiger partial charge in [-0.25, -0.2) is 0 Å². The Labute approximate surface area is 200 Å². The highest BCUT2D eigenvalue weighted by atomic mass is 16.6. The van der Waals surface area contributed by atoms with E-state index in [0.717, 1.165) is 11.3 Å². The van der Waals surface area contributed by atoms with Gasteiger partial charge in [0.15, 0.2) is 0 Å². The zero-order valence-electron chi connectivity index (χ0n) is 19.6. The number of hydrogen-bond donors (Lipinski definition) is 2. The van der Waals surface area contributed by atoms with Crippen molar-refractivity contribution in [3.8, 4) is 11.5 Å². The number of nitrogens with two attached hydrogens (primary N) is 1. The number of hydrogen-bond acceptors (Lipinski definition) is 10. The number of nitro benzene ring substituents is 1. The normalized spacial score (nSPS) is 11.2. The summed E-state index contributed by atoms with van der Waals surface area (Å²) in [6, 6.07) is 12.2. The highest BCUT2D eigenvalue weighted by molar-refractivity contribution is 5.93. The molecule has 0 atom stereocenters. The van der Waals surface area contributed by atoms with Crippen molar-refractivity contribution in [1.29, 1.82) is 0 Å². The Morgan fingerprint density at radius 2 is 1.80 bits per heavy atom. The average Bonchev–Trinajstić information content (AvgIpc) is 3.32. The maximum atomic E-state index is 11.4. The third-order valence-corrected chi connectivity index (χ3v) is 5.51. The van der Waals surface area contributed by atoms with Crippen LogP contribution in [0.5, 0.6) is 11.5 Å². The quantitative estimate of drug-likeness (QED) is 0.158. The average molecular weight is 476 g/mol. The molecule has 0 saturated heterocycles. The minimum absolute atomic E-state index is 0.122. The number of benzene rings is 3. The monoisotopic (exact) mass is 476 g/mol. The fourth-order valence-corrected chi connectivity index (χ4v) is 3.71. The first kappa shape index (κ1) is 23.4. The van der Waals surface area contributed by atoms with Crippen molar-refractivity contribution in [2.45, 2.75) is 13.5 Å². The Kier molecular flexibility index (Phi) is 6.44. The first-order chi connectivity index (χ1) is 16.8. The number of nitro groups is 1. The molecule has 0 aliphatic rings. The van der Waals surface area contributed by atoms with Crippen molar-refractivity contribution in [3.63, 3.8) is 0 Å². The predicted molar refractivity (Wildman–Crippen MR) is 132 cm³/mol. The summed E-state index contributed by atoms with van der Waals surface area (Å²) >= 11 is 0. The van der Waals surface area contributed by atoms with Gasteiger partial charge in [-0.3, -0.25) is 10.1 Å². The van der Waals surface area contributed by atoms with Crippen LogP contribution in [0.2, 0.25) is 0 Å². The van der Waals surface area contributed by atoms with Gasteiger partial charge in [0.2, 0.25) is 0 Å². The third kappa shape index (κ3) is 4.81. The second kappa shape index (κ2) is 9.63. The summed E-state index contributed by atoms with van der Waals surface area (Å²) in [5.74, 6) is 1.36. The van der Waals surface area contributed by atoms with Gasteiger partial charge in [0.1, 0.15) is 28.2 Å². The number of nitrogen functional groups attached to an aromatic ring is 1. The predicted octanol–water partition coefficient (Wildman–Crippen LogP) is 4.83. The molecular weight excluding hydrogens is 452 g/mol. The van der Waals surface area contributed by atoms with E-state index in [4.69, 9.17) is 15.2 Å². The lowest BCUT2D eigenvalue weighted by molar-refractivity contribution is -0.385. The van der Waals surface area contributed by atoms with E-state index in [9.17, 15) is 10.1 Å². The highest BCUT2D eigenvalue weighted by Crippen LogP contribution is 2.38. The van der Waals surface area contributed by atoms with Crippen molar-refractivity contribution < 1.29 is 14.4 Å². The maximum Gasteiger partial charge on any atom is 0.276 e. The molecule has 0 saturated carbocycles. The summed E-state index contributed by atoms with van der Waals surface area (Å²) in [5.41, 5.74) is 9.87. The van der Waals surface area contributed by atoms with Crippen LogP contribution < -0.4 is 20.1 Å². The minimum atomic E-state index is -0.495. The van der Waals surface area contributed by atoms with Crippen LogP contribution in [0.15, 0.2) is 52.7 Å². The SMILES string of the molecule is COc1cc(CN(C)c2ccc3n[nH]nc3c2N=Nc2cc(N)cc([N+](=O)[O-])c2C)cc(OC)c1. The number of nitrogens with one attached hydrogen (secondary N) is 1. The Morgan fingerprint density at radius 1 is 1.09 bits per heavy atom. The Morgan fingerprint density at radius 3 is 2.46 bits per heavy atom. The molecule has 0 fully saturated rings. The van der Waals surface area contributed by atoms with E-state index in [2.05, 4.69) is 25.6 Å². The molecule has 35 heavy (non-hydrogen) atoms. The molecule has 0 unspecified atom stereocenters. The molecule has 3 N–H and O–H groups in total. The van der Waals surface area contributed by atoms with Gasteiger partial charge in [0, 0.05) is 31.4 Å². The molecule has 0 aliphatic carbocycles. The number of azo groups is 1. The lowest BCUT2D eigenvalue weighted by Crippen LogP contribution is -2.16. The number of H-pyrrole nitrogens is 1. The standard InChI is InChI=1S/C23H24N8O4/c1-13-19(9-15(24)10-21(13)31(32)33)25-27-23-20(6-5-18-22(23)28-29-26-18)30(2)12-14-7-16(34-3)11-17(8-14)35-4/h5-11H,12,24H2,1-4H3,(H,26,28,29). The number of methoxy groups -OCH3 is 2. The van der Waals surface area contributed by atoms with Gasteiger partial charge in [0.25, 0.3) is 5.69 Å². The van der Waals surface area contributed by atoms with Crippen LogP contribution in [-0.4, -0.2) is 41.6 Å². The molecule has 3 aromatic carbocycles. The molecule has 1 heterocycles. The number of anilines is 2. The molecule has 4 aromatic rings. The molecule has 0 spiro atoms. The van der Waals surface area contributed by atoms with Gasteiger partial charge in [-0.15, -0.1) is 10.2 Å². The Bertz CT molecular complexity index is 1410. The number of fused-ring (bicyclic) bond motifs is 1. The lowest BCUT2D eigenvalue weighted by Gasteiger charge is -2.21. The molecule has 0 aliphatic heterocycles. The number of aromatic nitrogens is 3. The van der Waals surface area contributed by atoms with Gasteiger partial charge < -0.3 is 20.1 Å². The zero-order chi connectivity index (χ0) is 25.1. The molecule has 0 radical (unpaired) electrons. The second-order valence-electron chi connectivity index (χ2n) is 7.84. The molecule has 0 bridgehead atoms. The van der Waals surface area contributed by atoms with Gasteiger partial charge >= 0.3 is 0 Å². The summed E-state index contributed by atoms with van der Waals surface area (Å²) in [7, 11) is 5.10. The number of aromatic amines is 1. The highest BCUT2D eigenvalue weighted by Gasteiger charge is 2.18. The van der Waals surface area contributed by atoms with Gasteiger partial charge in [-0.2, -0.15) is 15.4 Å². The van der Waals surface area contributed by atoms with E-state index in [-0.39, 0.29) is 11.4 Å². The van der Waals surface area contributed by atoms with E-state index in [1.165, 1.54) is 6.07 Å². The van der Waals surface area contributed by atoms with Crippen LogP contribution in [0.25, 0.3) is 11.0 Å². The van der Waals surface area contributed by atoms with Crippen LogP contribution in [0.3, 0.4) is 0 Å². The fraction of sp³-hybridized carbons (Fsp3) is 0.217. The summed E-state index contributed by atoms with van der Waals surface area (Å²) in [6.07, 6.45) is 0. The molecular formula is C23H24N8O4. The first-order valence-corrected chi connectivity index (χ1v) is 10.5. The van der Waals surface area contributed by atoms with Crippen LogP contribution in [0.4, 0.5) is 28.4 Å². The lowest BCUT2D eigenvalue weighted by atomic mass is 10.1. The van der Waals surface area contributed by atoms with Crippen LogP contribution in [0, 0.1) is 17.0 Å².